The molecule has 2 aromatic carbocycles. The predicted octanol–water partition coefficient (Wildman–Crippen LogP) is 4.69. The number of hydrogen-bond donors (Lipinski definition) is 3. The van der Waals surface area contributed by atoms with Crippen molar-refractivity contribution in [2.45, 2.75) is 90.3 Å². The third-order valence-electron chi connectivity index (χ3n) is 7.49. The zero-order chi connectivity index (χ0) is 28.0. The topological polar surface area (TPSA) is 115 Å². The van der Waals surface area contributed by atoms with E-state index in [1.54, 1.807) is 0 Å². The minimum absolute atomic E-state index is 0.0371. The lowest BCUT2D eigenvalue weighted by atomic mass is 9.85. The second kappa shape index (κ2) is 12.6. The van der Waals surface area contributed by atoms with Crippen LogP contribution in [0.25, 0.3) is 0 Å². The molecule has 0 bridgehead atoms. The van der Waals surface area contributed by atoms with E-state index in [0.717, 1.165) is 67.6 Å². The molecule has 2 atom stereocenters. The van der Waals surface area contributed by atoms with Gasteiger partial charge in [0, 0.05) is 12.0 Å². The van der Waals surface area contributed by atoms with Crippen LogP contribution in [0.2, 0.25) is 0 Å². The molecule has 3 aliphatic heterocycles. The molecular weight excluding hydrogens is 492 g/mol. The van der Waals surface area contributed by atoms with Crippen LogP contribution in [-0.2, 0) is 28.0 Å². The highest BCUT2D eigenvalue weighted by atomic mass is 16.5. The van der Waals surface area contributed by atoms with Crippen molar-refractivity contribution in [1.82, 2.24) is 10.6 Å². The Labute approximate surface area is 231 Å². The molecule has 4 N–H and O–H groups in total. The van der Waals surface area contributed by atoms with E-state index in [2.05, 4.69) is 47.7 Å². The highest BCUT2D eigenvalue weighted by Crippen LogP contribution is 2.38. The Morgan fingerprint density at radius 1 is 1.18 bits per heavy atom. The van der Waals surface area contributed by atoms with E-state index in [1.165, 1.54) is 5.56 Å². The number of unbranched alkanes of at least 4 members (excludes halogenated alkanes) is 1. The van der Waals surface area contributed by atoms with Gasteiger partial charge in [-0.1, -0.05) is 38.5 Å². The molecule has 0 aromatic heterocycles. The Hall–Kier alpha value is -3.39. The summed E-state index contributed by atoms with van der Waals surface area (Å²) in [6.07, 6.45) is 5.99. The summed E-state index contributed by atoms with van der Waals surface area (Å²) < 4.78 is 11.9. The molecule has 8 nitrogen and oxygen atoms in total. The zero-order valence-electron chi connectivity index (χ0n) is 23.6. The number of aryl methyl sites for hydroxylation is 2. The summed E-state index contributed by atoms with van der Waals surface area (Å²) in [4.78, 5) is 29.2. The summed E-state index contributed by atoms with van der Waals surface area (Å²) in [7, 11) is 0. The van der Waals surface area contributed by atoms with Crippen LogP contribution in [0.15, 0.2) is 41.4 Å². The molecule has 0 saturated carbocycles. The van der Waals surface area contributed by atoms with E-state index in [1.807, 2.05) is 32.0 Å². The number of rotatable bonds is 7. The van der Waals surface area contributed by atoms with Crippen LogP contribution in [0, 0.1) is 0 Å². The SMILES string of the molecule is CC.CC1(C)OCC(NC(=O)c2ccc3c(c2)CCCO3)c2cc(CCCCC3CC(=O)NC(N)=N3)ccc21. The largest absolute Gasteiger partial charge is 0.493 e. The van der Waals surface area contributed by atoms with E-state index in [9.17, 15) is 9.59 Å². The van der Waals surface area contributed by atoms with Gasteiger partial charge in [-0.2, -0.15) is 0 Å². The Balaban J connectivity index is 0.00000172. The fourth-order valence-corrected chi connectivity index (χ4v) is 5.48. The molecule has 2 aromatic rings. The number of nitrogens with one attached hydrogen (secondary N) is 2. The second-order valence-corrected chi connectivity index (χ2v) is 10.7. The molecule has 3 heterocycles. The summed E-state index contributed by atoms with van der Waals surface area (Å²) in [5, 5.41) is 5.76. The number of fused-ring (bicyclic) bond motifs is 2. The van der Waals surface area contributed by atoms with Crippen LogP contribution in [0.5, 0.6) is 5.75 Å². The number of benzene rings is 2. The Bertz CT molecular complexity index is 1220. The molecule has 210 valence electrons. The minimum Gasteiger partial charge on any atom is -0.493 e. The maximum atomic E-state index is 13.2. The fraction of sp³-hybridized carbons (Fsp3) is 0.516. The van der Waals surface area contributed by atoms with Crippen molar-refractivity contribution in [3.05, 3.63) is 64.2 Å². The molecular formula is C31H42N4O4. The number of carbonyl (C=O) groups excluding carboxylic acids is 2. The summed E-state index contributed by atoms with van der Waals surface area (Å²) in [6, 6.07) is 11.9. The number of amides is 2. The van der Waals surface area contributed by atoms with E-state index in [0.29, 0.717) is 18.6 Å². The molecule has 2 amide bonds. The molecule has 5 rings (SSSR count). The number of aliphatic imine (C=N–C) groups is 1. The summed E-state index contributed by atoms with van der Waals surface area (Å²) in [5.74, 6) is 0.934. The van der Waals surface area contributed by atoms with Gasteiger partial charge in [-0.15, -0.1) is 0 Å². The van der Waals surface area contributed by atoms with E-state index >= 15 is 0 Å². The molecule has 0 fully saturated rings. The molecule has 0 aliphatic carbocycles. The number of ether oxygens (including phenoxy) is 2. The van der Waals surface area contributed by atoms with Crippen LogP contribution in [0.1, 0.15) is 98.5 Å². The Kier molecular flexibility index (Phi) is 9.28. The van der Waals surface area contributed by atoms with Crippen molar-refractivity contribution >= 4 is 17.8 Å². The normalized spacial score (nSPS) is 21.1. The number of hydrogen-bond acceptors (Lipinski definition) is 6. The van der Waals surface area contributed by atoms with Gasteiger partial charge in [0.05, 0.1) is 30.9 Å². The van der Waals surface area contributed by atoms with Crippen molar-refractivity contribution < 1.29 is 19.1 Å². The van der Waals surface area contributed by atoms with Gasteiger partial charge in [-0.25, -0.2) is 4.99 Å². The fourth-order valence-electron chi connectivity index (χ4n) is 5.48. The standard InChI is InChI=1S/C29H36N4O4.C2H6/c1-29(2)23-11-9-18(6-3-4-8-21-16-26(34)33-28(30)31-21)14-22(23)24(17-37-29)32-27(35)20-10-12-25-19(15-20)7-5-13-36-25;1-2/h9-12,14-15,21,24H,3-8,13,16-17H2,1-2H3,(H,32,35)(H3,30,31,33,34);1-2H3. The first kappa shape index (κ1) is 28.6. The molecule has 2 unspecified atom stereocenters. The average Bonchev–Trinajstić information content (AvgIpc) is 2.93. The van der Waals surface area contributed by atoms with Gasteiger partial charge in [0.2, 0.25) is 5.91 Å². The van der Waals surface area contributed by atoms with Gasteiger partial charge in [0.25, 0.3) is 5.91 Å². The Morgan fingerprint density at radius 2 is 2.00 bits per heavy atom. The quantitative estimate of drug-likeness (QED) is 0.446. The number of guanidine groups is 1. The van der Waals surface area contributed by atoms with E-state index in [4.69, 9.17) is 15.2 Å². The molecule has 0 spiro atoms. The lowest BCUT2D eigenvalue weighted by molar-refractivity contribution is -0.120. The second-order valence-electron chi connectivity index (χ2n) is 10.7. The van der Waals surface area contributed by atoms with Gasteiger partial charge in [-0.3, -0.25) is 14.9 Å². The van der Waals surface area contributed by atoms with Crippen LogP contribution in [0.3, 0.4) is 0 Å². The zero-order valence-corrected chi connectivity index (χ0v) is 23.6. The van der Waals surface area contributed by atoms with Gasteiger partial charge in [0.15, 0.2) is 5.96 Å². The van der Waals surface area contributed by atoms with Gasteiger partial charge in [-0.05, 0) is 86.4 Å². The predicted molar refractivity (Wildman–Crippen MR) is 153 cm³/mol. The summed E-state index contributed by atoms with van der Waals surface area (Å²) >= 11 is 0. The maximum absolute atomic E-state index is 13.2. The molecule has 8 heteroatoms. The van der Waals surface area contributed by atoms with Crippen molar-refractivity contribution in [1.29, 1.82) is 0 Å². The lowest BCUT2D eigenvalue weighted by Crippen LogP contribution is -2.43. The maximum Gasteiger partial charge on any atom is 0.251 e. The number of nitrogens with two attached hydrogens (primary N) is 1. The molecule has 0 radical (unpaired) electrons. The highest BCUT2D eigenvalue weighted by molar-refractivity contribution is 5.98. The third kappa shape index (κ3) is 6.98. The number of nitrogens with zero attached hydrogens (tertiary/aromatic N) is 1. The highest BCUT2D eigenvalue weighted by Gasteiger charge is 2.34. The van der Waals surface area contributed by atoms with Crippen molar-refractivity contribution in [3.63, 3.8) is 0 Å². The van der Waals surface area contributed by atoms with Gasteiger partial charge < -0.3 is 20.5 Å². The van der Waals surface area contributed by atoms with Crippen molar-refractivity contribution in [3.8, 4) is 5.75 Å². The molecule has 3 aliphatic rings. The van der Waals surface area contributed by atoms with Crippen LogP contribution < -0.4 is 21.1 Å². The Morgan fingerprint density at radius 3 is 2.79 bits per heavy atom. The minimum atomic E-state index is -0.419. The molecule has 0 saturated heterocycles. The van der Waals surface area contributed by atoms with Crippen LogP contribution in [0.4, 0.5) is 0 Å². The lowest BCUT2D eigenvalue weighted by Gasteiger charge is -2.38. The van der Waals surface area contributed by atoms with Crippen LogP contribution in [-0.4, -0.2) is 37.0 Å². The van der Waals surface area contributed by atoms with Gasteiger partial charge in [0.1, 0.15) is 5.75 Å². The van der Waals surface area contributed by atoms with Crippen molar-refractivity contribution in [2.75, 3.05) is 13.2 Å². The monoisotopic (exact) mass is 534 g/mol. The first-order valence-corrected chi connectivity index (χ1v) is 14.3. The first-order valence-electron chi connectivity index (χ1n) is 14.3. The van der Waals surface area contributed by atoms with Crippen molar-refractivity contribution in [2.24, 2.45) is 10.7 Å². The first-order chi connectivity index (χ1) is 18.8. The summed E-state index contributed by atoms with van der Waals surface area (Å²) in [6.45, 7) is 9.29. The summed E-state index contributed by atoms with van der Waals surface area (Å²) in [5.41, 5.74) is 10.4. The van der Waals surface area contributed by atoms with Crippen LogP contribution >= 0.6 is 0 Å². The van der Waals surface area contributed by atoms with Gasteiger partial charge >= 0.3 is 0 Å². The van der Waals surface area contributed by atoms with E-state index in [-0.39, 0.29) is 29.9 Å². The number of carbonyl (C=O) groups is 2. The van der Waals surface area contributed by atoms with E-state index < -0.39 is 5.60 Å². The molecule has 39 heavy (non-hydrogen) atoms. The smallest absolute Gasteiger partial charge is 0.251 e. The average molecular weight is 535 g/mol. The third-order valence-corrected chi connectivity index (χ3v) is 7.49.